The number of hydrogen-bond donors (Lipinski definition) is 1. The third-order valence-corrected chi connectivity index (χ3v) is 2.32. The Morgan fingerprint density at radius 2 is 2.00 bits per heavy atom. The van der Waals surface area contributed by atoms with E-state index in [4.69, 9.17) is 5.73 Å². The quantitative estimate of drug-likeness (QED) is 0.681. The Hall–Kier alpha value is -0.980. The fourth-order valence-corrected chi connectivity index (χ4v) is 1.24. The van der Waals surface area contributed by atoms with Crippen LogP contribution < -0.4 is 5.73 Å². The lowest BCUT2D eigenvalue weighted by Crippen LogP contribution is -2.01. The molecule has 0 aliphatic carbocycles. The van der Waals surface area contributed by atoms with Crippen molar-refractivity contribution in [2.75, 3.05) is 5.73 Å². The average molecular weight is 163 g/mol. The lowest BCUT2D eigenvalue weighted by Gasteiger charge is -2.09. The lowest BCUT2D eigenvalue weighted by molar-refractivity contribution is 0.561. The molecule has 0 spiro atoms. The first-order valence-electron chi connectivity index (χ1n) is 4.57. The predicted octanol–water partition coefficient (Wildman–Crippen LogP) is 2.86. The average Bonchev–Trinajstić information content (AvgIpc) is 2.09. The second-order valence-corrected chi connectivity index (χ2v) is 3.42. The second-order valence-electron chi connectivity index (χ2n) is 3.42. The Kier molecular flexibility index (Phi) is 3.15. The number of rotatable bonds is 3. The molecule has 12 heavy (non-hydrogen) atoms. The van der Waals surface area contributed by atoms with Crippen LogP contribution in [-0.2, 0) is 6.42 Å². The van der Waals surface area contributed by atoms with E-state index in [0.29, 0.717) is 0 Å². The lowest BCUT2D eigenvalue weighted by atomic mass is 9.98. The third kappa shape index (κ3) is 2.26. The Morgan fingerprint density at radius 1 is 1.33 bits per heavy atom. The molecule has 1 unspecified atom stereocenters. The molecule has 0 amide bonds. The van der Waals surface area contributed by atoms with Crippen LogP contribution in [0.5, 0.6) is 0 Å². The van der Waals surface area contributed by atoms with Gasteiger partial charge in [-0.3, -0.25) is 0 Å². The van der Waals surface area contributed by atoms with Crippen LogP contribution in [0.1, 0.15) is 25.8 Å². The van der Waals surface area contributed by atoms with E-state index in [1.165, 1.54) is 12.0 Å². The van der Waals surface area contributed by atoms with E-state index in [9.17, 15) is 0 Å². The highest BCUT2D eigenvalue weighted by Crippen LogP contribution is 2.16. The molecule has 0 heterocycles. The van der Waals surface area contributed by atoms with Crippen molar-refractivity contribution >= 4 is 5.69 Å². The Morgan fingerprint density at radius 3 is 2.58 bits per heavy atom. The molecule has 66 valence electrons. The first-order chi connectivity index (χ1) is 5.74. The maximum atomic E-state index is 5.82. The van der Waals surface area contributed by atoms with E-state index in [-0.39, 0.29) is 0 Å². The summed E-state index contributed by atoms with van der Waals surface area (Å²) in [6.45, 7) is 4.47. The Balaban J connectivity index is 2.69. The molecule has 1 heteroatoms. The predicted molar refractivity (Wildman–Crippen MR) is 54.0 cm³/mol. The minimum atomic E-state index is 0.731. The zero-order valence-corrected chi connectivity index (χ0v) is 7.88. The van der Waals surface area contributed by atoms with Crippen molar-refractivity contribution in [1.82, 2.24) is 0 Å². The molecule has 0 saturated heterocycles. The van der Waals surface area contributed by atoms with Crippen molar-refractivity contribution < 1.29 is 0 Å². The normalized spacial score (nSPS) is 12.8. The standard InChI is InChI=1S/C11H17N/c1-3-9(2)8-10-6-4-5-7-11(10)12/h4-7,9H,3,8,12H2,1-2H3. The summed E-state index contributed by atoms with van der Waals surface area (Å²) in [5, 5.41) is 0. The number of hydrogen-bond acceptors (Lipinski definition) is 1. The van der Waals surface area contributed by atoms with E-state index in [0.717, 1.165) is 18.0 Å². The van der Waals surface area contributed by atoms with Crippen molar-refractivity contribution in [1.29, 1.82) is 0 Å². The van der Waals surface area contributed by atoms with Crippen LogP contribution >= 0.6 is 0 Å². The molecule has 1 rings (SSSR count). The van der Waals surface area contributed by atoms with Gasteiger partial charge in [0.15, 0.2) is 0 Å². The molecule has 0 fully saturated rings. The molecular formula is C11H17N. The van der Waals surface area contributed by atoms with Crippen LogP contribution in [0, 0.1) is 5.92 Å². The van der Waals surface area contributed by atoms with Gasteiger partial charge in [-0.1, -0.05) is 38.5 Å². The Labute approximate surface area is 74.6 Å². The number of benzene rings is 1. The molecule has 0 aliphatic heterocycles. The zero-order valence-electron chi connectivity index (χ0n) is 7.88. The number of anilines is 1. The van der Waals surface area contributed by atoms with Gasteiger partial charge in [0.05, 0.1) is 0 Å². The molecule has 1 atom stereocenters. The van der Waals surface area contributed by atoms with Crippen LogP contribution in [0.3, 0.4) is 0 Å². The molecule has 0 aromatic heterocycles. The SMILES string of the molecule is CCC(C)Cc1ccccc1N. The Bertz CT molecular complexity index is 243. The van der Waals surface area contributed by atoms with Crippen molar-refractivity contribution in [3.63, 3.8) is 0 Å². The van der Waals surface area contributed by atoms with E-state index >= 15 is 0 Å². The molecule has 0 radical (unpaired) electrons. The van der Waals surface area contributed by atoms with E-state index in [1.807, 2.05) is 18.2 Å². The van der Waals surface area contributed by atoms with Crippen LogP contribution in [0.25, 0.3) is 0 Å². The first-order valence-corrected chi connectivity index (χ1v) is 4.57. The smallest absolute Gasteiger partial charge is 0.0346 e. The van der Waals surface area contributed by atoms with Crippen molar-refractivity contribution in [3.8, 4) is 0 Å². The van der Waals surface area contributed by atoms with Crippen molar-refractivity contribution in [3.05, 3.63) is 29.8 Å². The number of nitrogen functional groups attached to an aromatic ring is 1. The molecule has 0 aliphatic rings. The zero-order chi connectivity index (χ0) is 8.97. The summed E-state index contributed by atoms with van der Waals surface area (Å²) >= 11 is 0. The highest BCUT2D eigenvalue weighted by Gasteiger charge is 2.02. The summed E-state index contributed by atoms with van der Waals surface area (Å²) in [6.07, 6.45) is 2.32. The van der Waals surface area contributed by atoms with Gasteiger partial charge in [-0.25, -0.2) is 0 Å². The van der Waals surface area contributed by atoms with Gasteiger partial charge in [0, 0.05) is 5.69 Å². The number of nitrogens with two attached hydrogens (primary N) is 1. The molecular weight excluding hydrogens is 146 g/mol. The minimum absolute atomic E-state index is 0.731. The largest absolute Gasteiger partial charge is 0.399 e. The summed E-state index contributed by atoms with van der Waals surface area (Å²) in [5.41, 5.74) is 8.04. The van der Waals surface area contributed by atoms with Crippen LogP contribution in [0.2, 0.25) is 0 Å². The summed E-state index contributed by atoms with van der Waals surface area (Å²) in [4.78, 5) is 0. The van der Waals surface area contributed by atoms with Gasteiger partial charge in [-0.15, -0.1) is 0 Å². The topological polar surface area (TPSA) is 26.0 Å². The summed E-state index contributed by atoms with van der Waals surface area (Å²) < 4.78 is 0. The third-order valence-electron chi connectivity index (χ3n) is 2.32. The first kappa shape index (κ1) is 9.11. The summed E-state index contributed by atoms with van der Waals surface area (Å²) in [7, 11) is 0. The highest BCUT2D eigenvalue weighted by molar-refractivity contribution is 5.46. The van der Waals surface area contributed by atoms with Gasteiger partial charge in [0.25, 0.3) is 0 Å². The van der Waals surface area contributed by atoms with Crippen molar-refractivity contribution in [2.24, 2.45) is 5.92 Å². The van der Waals surface area contributed by atoms with Gasteiger partial charge in [0.2, 0.25) is 0 Å². The van der Waals surface area contributed by atoms with Gasteiger partial charge in [-0.2, -0.15) is 0 Å². The van der Waals surface area contributed by atoms with Gasteiger partial charge in [0.1, 0.15) is 0 Å². The highest BCUT2D eigenvalue weighted by atomic mass is 14.6. The maximum absolute atomic E-state index is 5.82. The van der Waals surface area contributed by atoms with E-state index in [2.05, 4.69) is 19.9 Å². The molecule has 1 nitrogen and oxygen atoms in total. The van der Waals surface area contributed by atoms with Crippen LogP contribution in [-0.4, -0.2) is 0 Å². The molecule has 1 aromatic carbocycles. The fraction of sp³-hybridized carbons (Fsp3) is 0.455. The van der Waals surface area contributed by atoms with E-state index < -0.39 is 0 Å². The number of para-hydroxylation sites is 1. The van der Waals surface area contributed by atoms with Crippen LogP contribution in [0.4, 0.5) is 5.69 Å². The molecule has 1 aromatic rings. The summed E-state index contributed by atoms with van der Waals surface area (Å²) in [6, 6.07) is 8.11. The maximum Gasteiger partial charge on any atom is 0.0346 e. The molecule has 2 N–H and O–H groups in total. The van der Waals surface area contributed by atoms with Gasteiger partial charge in [-0.05, 0) is 24.0 Å². The van der Waals surface area contributed by atoms with Gasteiger partial charge >= 0.3 is 0 Å². The monoisotopic (exact) mass is 163 g/mol. The minimum Gasteiger partial charge on any atom is -0.399 e. The van der Waals surface area contributed by atoms with Crippen molar-refractivity contribution in [2.45, 2.75) is 26.7 Å². The fourth-order valence-electron chi connectivity index (χ4n) is 1.24. The summed E-state index contributed by atoms with van der Waals surface area (Å²) in [5.74, 6) is 0.731. The van der Waals surface area contributed by atoms with E-state index in [1.54, 1.807) is 0 Å². The second kappa shape index (κ2) is 4.15. The molecule has 0 bridgehead atoms. The van der Waals surface area contributed by atoms with Crippen LogP contribution in [0.15, 0.2) is 24.3 Å². The van der Waals surface area contributed by atoms with Gasteiger partial charge < -0.3 is 5.73 Å². The molecule has 0 saturated carbocycles.